The van der Waals surface area contributed by atoms with E-state index in [-0.39, 0.29) is 38.8 Å². The summed E-state index contributed by atoms with van der Waals surface area (Å²) in [5.74, 6) is -0.299. The molecular weight excluding hydrogens is 888 g/mol. The summed E-state index contributed by atoms with van der Waals surface area (Å²) in [7, 11) is -2.63. The number of pyridine rings is 1. The minimum Gasteiger partial charge on any atom is -0.455 e. The number of piperazine rings is 1. The normalized spacial score (nSPS) is 18.2. The average Bonchev–Trinajstić information content (AvgIpc) is 3.77. The van der Waals surface area contributed by atoms with Crippen LogP contribution in [0.4, 0.5) is 16.2 Å². The maximum Gasteiger partial charge on any atom is 0.319 e. The van der Waals surface area contributed by atoms with E-state index in [9.17, 15) is 18.0 Å². The van der Waals surface area contributed by atoms with E-state index in [0.29, 0.717) is 49.9 Å². The van der Waals surface area contributed by atoms with Crippen LogP contribution in [0.5, 0.6) is 11.5 Å². The predicted octanol–water partition coefficient (Wildman–Crippen LogP) is 8.75. The van der Waals surface area contributed by atoms with E-state index in [0.717, 1.165) is 68.1 Å². The third-order valence-electron chi connectivity index (χ3n) is 12.6. The van der Waals surface area contributed by atoms with Crippen molar-refractivity contribution in [2.75, 3.05) is 82.8 Å². The van der Waals surface area contributed by atoms with E-state index in [1.807, 2.05) is 31.2 Å². The third kappa shape index (κ3) is 11.0. The Hall–Kier alpha value is -5.32. The Bertz CT molecular complexity index is 2680. The molecule has 2 saturated heterocycles. The molecule has 0 spiro atoms. The van der Waals surface area contributed by atoms with Crippen LogP contribution in [0.1, 0.15) is 56.0 Å². The number of anilines is 2. The largest absolute Gasteiger partial charge is 0.455 e. The summed E-state index contributed by atoms with van der Waals surface area (Å²) in [6.07, 6.45) is 6.27. The molecule has 4 heterocycles. The van der Waals surface area contributed by atoms with Crippen LogP contribution in [-0.4, -0.2) is 124 Å². The topological polar surface area (TPSA) is 152 Å². The van der Waals surface area contributed by atoms with Gasteiger partial charge in [-0.15, -0.1) is 0 Å². The molecule has 3 aromatic carbocycles. The van der Waals surface area contributed by atoms with Gasteiger partial charge in [0.15, 0.2) is 0 Å². The zero-order chi connectivity index (χ0) is 45.9. The lowest BCUT2D eigenvalue weighted by Crippen LogP contribution is -2.51. The van der Waals surface area contributed by atoms with Gasteiger partial charge in [-0.1, -0.05) is 54.8 Å². The average molecular weight is 944 g/mol. The zero-order valence-corrected chi connectivity index (χ0v) is 39.5. The number of amides is 3. The van der Waals surface area contributed by atoms with Crippen molar-refractivity contribution in [3.8, 4) is 11.5 Å². The van der Waals surface area contributed by atoms with Crippen LogP contribution >= 0.6 is 23.2 Å². The number of hydrogen-bond donors (Lipinski definition) is 3. The first kappa shape index (κ1) is 46.2. The molecule has 65 heavy (non-hydrogen) atoms. The lowest BCUT2D eigenvalue weighted by atomic mass is 9.72. The maximum absolute atomic E-state index is 14.0. The summed E-state index contributed by atoms with van der Waals surface area (Å²) < 4.78 is 41.9. The van der Waals surface area contributed by atoms with E-state index in [1.54, 1.807) is 47.4 Å². The second kappa shape index (κ2) is 19.6. The number of nitrogens with one attached hydrogen (secondary N) is 3. The van der Waals surface area contributed by atoms with Crippen LogP contribution in [0.3, 0.4) is 0 Å². The Balaban J connectivity index is 0.958. The Morgan fingerprint density at radius 1 is 1.00 bits per heavy atom. The van der Waals surface area contributed by atoms with Crippen molar-refractivity contribution in [1.82, 2.24) is 29.4 Å². The summed E-state index contributed by atoms with van der Waals surface area (Å²) in [4.78, 5) is 42.1. The first-order chi connectivity index (χ1) is 31.1. The highest BCUT2D eigenvalue weighted by molar-refractivity contribution is 7.90. The number of aromatic amines is 1. The highest BCUT2D eigenvalue weighted by Gasteiger charge is 2.31. The van der Waals surface area contributed by atoms with Gasteiger partial charge in [-0.3, -0.25) is 9.69 Å². The summed E-state index contributed by atoms with van der Waals surface area (Å²) in [5.41, 5.74) is 6.41. The molecule has 3 aliphatic rings. The molecule has 1 aliphatic carbocycles. The van der Waals surface area contributed by atoms with Crippen molar-refractivity contribution in [1.29, 1.82) is 0 Å². The number of H-pyrrole nitrogens is 1. The lowest BCUT2D eigenvalue weighted by molar-refractivity contribution is -0.0108. The van der Waals surface area contributed by atoms with Gasteiger partial charge in [-0.2, -0.15) is 0 Å². The fourth-order valence-corrected chi connectivity index (χ4v) is 10.1. The van der Waals surface area contributed by atoms with Gasteiger partial charge >= 0.3 is 6.03 Å². The number of ether oxygens (including phenoxy) is 2. The fourth-order valence-electron chi connectivity index (χ4n) is 8.64. The summed E-state index contributed by atoms with van der Waals surface area (Å²) in [5, 5.41) is 4.90. The Kier molecular flexibility index (Phi) is 14.0. The molecular formula is C48H56Cl2N8O6S. The number of aromatic nitrogens is 2. The number of nitrogens with zero attached hydrogens (tertiary/aromatic N) is 5. The number of fused-ring (bicyclic) bond motifs is 1. The molecule has 14 nitrogen and oxygen atoms in total. The smallest absolute Gasteiger partial charge is 0.319 e. The van der Waals surface area contributed by atoms with Gasteiger partial charge < -0.3 is 34.5 Å². The number of carbonyl (C=O) groups is 2. The molecule has 0 saturated carbocycles. The Labute approximate surface area is 390 Å². The molecule has 2 fully saturated rings. The highest BCUT2D eigenvalue weighted by Crippen LogP contribution is 2.43. The Morgan fingerprint density at radius 2 is 1.78 bits per heavy atom. The molecule has 1 unspecified atom stereocenters. The first-order valence-corrected chi connectivity index (χ1v) is 24.3. The minimum atomic E-state index is -4.38. The van der Waals surface area contributed by atoms with Gasteiger partial charge in [0, 0.05) is 87.8 Å². The zero-order valence-electron chi connectivity index (χ0n) is 37.2. The van der Waals surface area contributed by atoms with E-state index in [1.165, 1.54) is 34.9 Å². The van der Waals surface area contributed by atoms with Gasteiger partial charge in [-0.25, -0.2) is 22.9 Å². The van der Waals surface area contributed by atoms with Gasteiger partial charge in [-0.05, 0) is 97.3 Å². The van der Waals surface area contributed by atoms with E-state index in [4.69, 9.17) is 32.7 Å². The SMILES string of the molecule is CCN(C)C(=O)N1CCOC(CNc2ccc(S(=O)(=O)NC(=O)c3ccc(N4CCN(CC5=C(c6ccc(Cl)cc6)CC(C)(C)CC5)CC4)cc3Oc3cnc4[nH]ccc4c3)cc2Cl)C1. The number of rotatable bonds is 13. The second-order valence-corrected chi connectivity index (χ2v) is 20.3. The molecule has 0 radical (unpaired) electrons. The molecule has 3 amide bonds. The summed E-state index contributed by atoms with van der Waals surface area (Å²) in [6, 6.07) is 21.2. The van der Waals surface area contributed by atoms with Gasteiger partial charge in [0.2, 0.25) is 0 Å². The Morgan fingerprint density at radius 3 is 2.54 bits per heavy atom. The molecule has 1 atom stereocenters. The van der Waals surface area contributed by atoms with Crippen molar-refractivity contribution in [3.63, 3.8) is 0 Å². The van der Waals surface area contributed by atoms with Crippen molar-refractivity contribution in [2.24, 2.45) is 5.41 Å². The monoisotopic (exact) mass is 942 g/mol. The number of halogens is 2. The van der Waals surface area contributed by atoms with E-state index < -0.39 is 15.9 Å². The van der Waals surface area contributed by atoms with E-state index >= 15 is 0 Å². The van der Waals surface area contributed by atoms with Crippen LogP contribution in [0, 0.1) is 5.41 Å². The molecule has 344 valence electrons. The minimum absolute atomic E-state index is 0.0292. The molecule has 17 heteroatoms. The maximum atomic E-state index is 14.0. The molecule has 2 aliphatic heterocycles. The summed E-state index contributed by atoms with van der Waals surface area (Å²) >= 11 is 12.8. The van der Waals surface area contributed by atoms with E-state index in [2.05, 4.69) is 55.8 Å². The van der Waals surface area contributed by atoms with Crippen LogP contribution in [0.25, 0.3) is 16.6 Å². The number of morpholine rings is 1. The highest BCUT2D eigenvalue weighted by atomic mass is 35.5. The van der Waals surface area contributed by atoms with Gasteiger partial charge in [0.25, 0.3) is 15.9 Å². The van der Waals surface area contributed by atoms with Crippen LogP contribution < -0.4 is 19.7 Å². The van der Waals surface area contributed by atoms with Crippen LogP contribution in [0.15, 0.2) is 95.7 Å². The number of carbonyl (C=O) groups excluding carboxylic acids is 2. The number of benzene rings is 3. The molecule has 8 rings (SSSR count). The lowest BCUT2D eigenvalue weighted by Gasteiger charge is -2.39. The second-order valence-electron chi connectivity index (χ2n) is 17.8. The molecule has 0 bridgehead atoms. The fraction of sp³-hybridized carbons (Fsp3) is 0.396. The number of allylic oxidation sites excluding steroid dienone is 1. The van der Waals surface area contributed by atoms with Gasteiger partial charge in [0.1, 0.15) is 17.1 Å². The number of hydrogen-bond acceptors (Lipinski definition) is 10. The van der Waals surface area contributed by atoms with Crippen molar-refractivity contribution in [3.05, 3.63) is 112 Å². The van der Waals surface area contributed by atoms with Crippen molar-refractivity contribution >= 4 is 73.1 Å². The predicted molar refractivity (Wildman–Crippen MR) is 257 cm³/mol. The molecule has 5 aromatic rings. The standard InChI is InChI=1S/C48H56Cl2N8O6S/c1-5-55(4)47(60)58-22-23-63-38(31-58)29-52-43-13-11-39(26-42(43)50)65(61,62)54-46(59)40-12-10-36(25-44(40)64-37-24-33-15-17-51-45(33)53-28-37)57-20-18-56(19-21-57)30-34-14-16-48(2,3)27-41(34)32-6-8-35(49)9-7-32/h6-13,15,17,24-26,28,38,52H,5,14,16,18-23,27,29-31H2,1-4H3,(H,51,53)(H,54,59). The molecule has 3 N–H and O–H groups in total. The third-order valence-corrected chi connectivity index (χ3v) is 14.4. The summed E-state index contributed by atoms with van der Waals surface area (Å²) in [6.45, 7) is 12.9. The number of sulfonamides is 1. The van der Waals surface area contributed by atoms with Crippen molar-refractivity contribution in [2.45, 2.75) is 51.0 Å². The van der Waals surface area contributed by atoms with Gasteiger partial charge in [0.05, 0.1) is 46.6 Å². The first-order valence-electron chi connectivity index (χ1n) is 22.1. The quantitative estimate of drug-likeness (QED) is 0.105. The van der Waals surface area contributed by atoms with Crippen LogP contribution in [-0.2, 0) is 14.8 Å². The molecule has 2 aromatic heterocycles. The van der Waals surface area contributed by atoms with Crippen molar-refractivity contribution < 1.29 is 27.5 Å². The number of urea groups is 1. The van der Waals surface area contributed by atoms with Crippen LogP contribution in [0.2, 0.25) is 10.0 Å².